The normalized spacial score (nSPS) is 12.7. The highest BCUT2D eigenvalue weighted by Crippen LogP contribution is 2.26. The summed E-state index contributed by atoms with van der Waals surface area (Å²) in [5, 5.41) is 8.88. The molecule has 4 heteroatoms. The molecule has 0 saturated heterocycles. The van der Waals surface area contributed by atoms with Crippen molar-refractivity contribution >= 4 is 11.6 Å². The van der Waals surface area contributed by atoms with Crippen LogP contribution in [0.4, 0.5) is 0 Å². The second-order valence-corrected chi connectivity index (χ2v) is 5.43. The lowest BCUT2D eigenvalue weighted by molar-refractivity contribution is 0.541. The Morgan fingerprint density at radius 3 is 2.60 bits per heavy atom. The fraction of sp³-hybridized carbons (Fsp3) is 0.438. The number of rotatable bonds is 5. The fourth-order valence-corrected chi connectivity index (χ4v) is 2.63. The topological polar surface area (TPSA) is 29.9 Å². The zero-order chi connectivity index (χ0) is 14.7. The summed E-state index contributed by atoms with van der Waals surface area (Å²) < 4.78 is 2.05. The van der Waals surface area contributed by atoms with E-state index in [-0.39, 0.29) is 6.04 Å². The summed E-state index contributed by atoms with van der Waals surface area (Å²) in [6, 6.07) is 8.52. The van der Waals surface area contributed by atoms with Gasteiger partial charge in [-0.3, -0.25) is 4.68 Å². The summed E-state index contributed by atoms with van der Waals surface area (Å²) in [4.78, 5) is 0. The van der Waals surface area contributed by atoms with Gasteiger partial charge in [0.1, 0.15) is 0 Å². The number of hydrogen-bond donors (Lipinski definition) is 1. The molecule has 0 radical (unpaired) electrons. The van der Waals surface area contributed by atoms with E-state index in [0.717, 1.165) is 29.4 Å². The van der Waals surface area contributed by atoms with Gasteiger partial charge in [-0.25, -0.2) is 0 Å². The number of hydrogen-bond acceptors (Lipinski definition) is 2. The molecule has 0 bridgehead atoms. The smallest absolute Gasteiger partial charge is 0.0748 e. The Morgan fingerprint density at radius 2 is 2.00 bits per heavy atom. The molecule has 0 aliphatic carbocycles. The van der Waals surface area contributed by atoms with Crippen molar-refractivity contribution in [2.24, 2.45) is 0 Å². The third-order valence-corrected chi connectivity index (χ3v) is 3.87. The van der Waals surface area contributed by atoms with Crippen LogP contribution in [0.2, 0.25) is 5.02 Å². The maximum Gasteiger partial charge on any atom is 0.0748 e. The molecule has 1 unspecified atom stereocenters. The van der Waals surface area contributed by atoms with Crippen molar-refractivity contribution in [2.45, 2.75) is 40.3 Å². The molecule has 1 aromatic heterocycles. The predicted molar refractivity (Wildman–Crippen MR) is 84.3 cm³/mol. The average Bonchev–Trinajstić information content (AvgIpc) is 2.80. The zero-order valence-corrected chi connectivity index (χ0v) is 13.3. The van der Waals surface area contributed by atoms with Gasteiger partial charge in [0.15, 0.2) is 0 Å². The maximum atomic E-state index is 6.27. The summed E-state index contributed by atoms with van der Waals surface area (Å²) in [6.07, 6.45) is 0. The van der Waals surface area contributed by atoms with Gasteiger partial charge in [0.25, 0.3) is 0 Å². The van der Waals surface area contributed by atoms with E-state index in [1.54, 1.807) is 0 Å². The van der Waals surface area contributed by atoms with Gasteiger partial charge in [0.2, 0.25) is 0 Å². The van der Waals surface area contributed by atoms with Crippen LogP contribution in [0, 0.1) is 13.8 Å². The molecule has 0 spiro atoms. The van der Waals surface area contributed by atoms with Crippen LogP contribution in [0.1, 0.15) is 42.4 Å². The highest BCUT2D eigenvalue weighted by Gasteiger charge is 2.18. The van der Waals surface area contributed by atoms with Crippen LogP contribution in [-0.4, -0.2) is 16.3 Å². The minimum Gasteiger partial charge on any atom is -0.305 e. The number of aryl methyl sites for hydroxylation is 3. The maximum absolute atomic E-state index is 6.27. The van der Waals surface area contributed by atoms with E-state index < -0.39 is 0 Å². The Balaban J connectivity index is 2.46. The number of aromatic nitrogens is 2. The standard InChI is InChI=1S/C16H22ClN3/c1-5-18-16(13-8-7-11(3)14(17)10-13)15-9-12(4)19-20(15)6-2/h7-10,16,18H,5-6H2,1-4H3. The molecule has 1 aromatic carbocycles. The van der Waals surface area contributed by atoms with Crippen LogP contribution >= 0.6 is 11.6 Å². The Kier molecular flexibility index (Phi) is 4.84. The number of nitrogens with zero attached hydrogens (tertiary/aromatic N) is 2. The molecule has 108 valence electrons. The van der Waals surface area contributed by atoms with Crippen molar-refractivity contribution in [1.29, 1.82) is 0 Å². The molecule has 1 heterocycles. The Bertz CT molecular complexity index is 589. The van der Waals surface area contributed by atoms with Gasteiger partial charge < -0.3 is 5.32 Å². The number of nitrogens with one attached hydrogen (secondary N) is 1. The largest absolute Gasteiger partial charge is 0.305 e. The van der Waals surface area contributed by atoms with Gasteiger partial charge in [-0.2, -0.15) is 5.10 Å². The lowest BCUT2D eigenvalue weighted by Gasteiger charge is -2.20. The van der Waals surface area contributed by atoms with Gasteiger partial charge in [0, 0.05) is 11.6 Å². The van der Waals surface area contributed by atoms with Crippen molar-refractivity contribution in [1.82, 2.24) is 15.1 Å². The quantitative estimate of drug-likeness (QED) is 0.906. The SMILES string of the molecule is CCNC(c1ccc(C)c(Cl)c1)c1cc(C)nn1CC. The second kappa shape index (κ2) is 6.42. The van der Waals surface area contributed by atoms with Crippen LogP contribution < -0.4 is 5.32 Å². The van der Waals surface area contributed by atoms with E-state index in [1.807, 2.05) is 19.9 Å². The fourth-order valence-electron chi connectivity index (χ4n) is 2.44. The first-order valence-electron chi connectivity index (χ1n) is 7.10. The van der Waals surface area contributed by atoms with Crippen molar-refractivity contribution in [2.75, 3.05) is 6.54 Å². The van der Waals surface area contributed by atoms with Crippen molar-refractivity contribution in [3.8, 4) is 0 Å². The number of halogens is 1. The van der Waals surface area contributed by atoms with E-state index >= 15 is 0 Å². The van der Waals surface area contributed by atoms with Gasteiger partial charge in [-0.05, 0) is 50.6 Å². The van der Waals surface area contributed by atoms with E-state index in [9.17, 15) is 0 Å². The highest BCUT2D eigenvalue weighted by molar-refractivity contribution is 6.31. The Morgan fingerprint density at radius 1 is 1.25 bits per heavy atom. The van der Waals surface area contributed by atoms with Gasteiger partial charge in [-0.1, -0.05) is 30.7 Å². The molecule has 0 amide bonds. The molecular weight excluding hydrogens is 270 g/mol. The minimum absolute atomic E-state index is 0.124. The van der Waals surface area contributed by atoms with E-state index in [0.29, 0.717) is 0 Å². The summed E-state index contributed by atoms with van der Waals surface area (Å²) in [5.41, 5.74) is 4.51. The third-order valence-electron chi connectivity index (χ3n) is 3.47. The van der Waals surface area contributed by atoms with E-state index in [4.69, 9.17) is 11.6 Å². The van der Waals surface area contributed by atoms with Gasteiger partial charge in [0.05, 0.1) is 17.4 Å². The molecule has 0 aliphatic rings. The third kappa shape index (κ3) is 3.05. The van der Waals surface area contributed by atoms with Crippen LogP contribution in [0.25, 0.3) is 0 Å². The first-order valence-corrected chi connectivity index (χ1v) is 7.48. The first kappa shape index (κ1) is 15.1. The summed E-state index contributed by atoms with van der Waals surface area (Å²) >= 11 is 6.27. The molecule has 3 nitrogen and oxygen atoms in total. The molecule has 0 aliphatic heterocycles. The second-order valence-electron chi connectivity index (χ2n) is 5.03. The monoisotopic (exact) mass is 291 g/mol. The molecule has 2 aromatic rings. The van der Waals surface area contributed by atoms with Crippen LogP contribution in [0.15, 0.2) is 24.3 Å². The van der Waals surface area contributed by atoms with Crippen LogP contribution in [0.5, 0.6) is 0 Å². The molecule has 0 fully saturated rings. The van der Waals surface area contributed by atoms with E-state index in [2.05, 4.69) is 47.1 Å². The molecule has 2 rings (SSSR count). The van der Waals surface area contributed by atoms with Crippen molar-refractivity contribution < 1.29 is 0 Å². The lowest BCUT2D eigenvalue weighted by atomic mass is 10.0. The molecule has 0 saturated carbocycles. The number of benzene rings is 1. The van der Waals surface area contributed by atoms with Crippen LogP contribution in [-0.2, 0) is 6.54 Å². The summed E-state index contributed by atoms with van der Waals surface area (Å²) in [5.74, 6) is 0. The van der Waals surface area contributed by atoms with E-state index in [1.165, 1.54) is 11.3 Å². The highest BCUT2D eigenvalue weighted by atomic mass is 35.5. The zero-order valence-electron chi connectivity index (χ0n) is 12.6. The van der Waals surface area contributed by atoms with Gasteiger partial charge in [-0.15, -0.1) is 0 Å². The molecule has 20 heavy (non-hydrogen) atoms. The molecular formula is C16H22ClN3. The van der Waals surface area contributed by atoms with Gasteiger partial charge >= 0.3 is 0 Å². The predicted octanol–water partition coefficient (Wildman–Crippen LogP) is 3.87. The minimum atomic E-state index is 0.124. The summed E-state index contributed by atoms with van der Waals surface area (Å²) in [7, 11) is 0. The molecule has 1 N–H and O–H groups in total. The Hall–Kier alpha value is -1.32. The van der Waals surface area contributed by atoms with Crippen molar-refractivity contribution in [3.05, 3.63) is 51.8 Å². The molecule has 1 atom stereocenters. The summed E-state index contributed by atoms with van der Waals surface area (Å²) in [6.45, 7) is 10.0. The van der Waals surface area contributed by atoms with Crippen LogP contribution in [0.3, 0.4) is 0 Å². The first-order chi connectivity index (χ1) is 9.56. The lowest BCUT2D eigenvalue weighted by Crippen LogP contribution is -2.24. The Labute approximate surface area is 126 Å². The van der Waals surface area contributed by atoms with Crippen molar-refractivity contribution in [3.63, 3.8) is 0 Å². The average molecular weight is 292 g/mol.